The summed E-state index contributed by atoms with van der Waals surface area (Å²) in [6.07, 6.45) is -4.88. The van der Waals surface area contributed by atoms with Gasteiger partial charge in [0.1, 0.15) is 11.5 Å². The minimum absolute atomic E-state index is 0.0194. The van der Waals surface area contributed by atoms with E-state index >= 15 is 0 Å². The van der Waals surface area contributed by atoms with Crippen LogP contribution in [0.4, 0.5) is 18.9 Å². The molecule has 3 rings (SSSR count). The quantitative estimate of drug-likeness (QED) is 0.666. The maximum absolute atomic E-state index is 13.3. The molecule has 0 aliphatic rings. The van der Waals surface area contributed by atoms with Crippen molar-refractivity contribution in [3.8, 4) is 11.4 Å². The molecule has 1 heterocycles. The third-order valence-corrected chi connectivity index (χ3v) is 4.21. The van der Waals surface area contributed by atoms with Gasteiger partial charge in [-0.25, -0.2) is 4.98 Å². The highest BCUT2D eigenvalue weighted by molar-refractivity contribution is 6.35. The van der Waals surface area contributed by atoms with Crippen LogP contribution in [0.15, 0.2) is 53.3 Å². The minimum atomic E-state index is -4.88. The Hall–Kier alpha value is -2.51. The largest absolute Gasteiger partial charge is 0.435 e. The maximum atomic E-state index is 13.3. The lowest BCUT2D eigenvalue weighted by Crippen LogP contribution is -2.30. The highest BCUT2D eigenvalue weighted by Crippen LogP contribution is 2.33. The lowest BCUT2D eigenvalue weighted by Gasteiger charge is -2.17. The first-order valence-corrected chi connectivity index (χ1v) is 8.40. The normalized spacial score (nSPS) is 11.6. The number of nitrogen functional groups attached to an aromatic ring is 1. The molecule has 2 aromatic carbocycles. The van der Waals surface area contributed by atoms with Crippen LogP contribution in [0.1, 0.15) is 11.3 Å². The smallest absolute Gasteiger partial charge is 0.392 e. The van der Waals surface area contributed by atoms with E-state index in [9.17, 15) is 18.0 Å². The molecule has 9 heteroatoms. The molecule has 0 saturated carbocycles. The zero-order chi connectivity index (χ0) is 19.8. The lowest BCUT2D eigenvalue weighted by molar-refractivity contribution is -0.140. The van der Waals surface area contributed by atoms with Crippen LogP contribution in [0.5, 0.6) is 0 Å². The SMILES string of the molecule is Nc1c(C(F)(F)F)nc(-c2cc(Cl)cc(Cl)c2)n(Cc2ccccc2)c1=O. The van der Waals surface area contributed by atoms with Gasteiger partial charge in [0, 0.05) is 15.6 Å². The van der Waals surface area contributed by atoms with Crippen molar-refractivity contribution in [2.24, 2.45) is 0 Å². The van der Waals surface area contributed by atoms with Gasteiger partial charge in [0.25, 0.3) is 5.56 Å². The number of benzene rings is 2. The Kier molecular flexibility index (Phi) is 5.17. The van der Waals surface area contributed by atoms with Gasteiger partial charge < -0.3 is 5.73 Å². The van der Waals surface area contributed by atoms with Crippen molar-refractivity contribution in [3.63, 3.8) is 0 Å². The van der Waals surface area contributed by atoms with Gasteiger partial charge in [0.15, 0.2) is 5.69 Å². The Balaban J connectivity index is 2.30. The molecule has 27 heavy (non-hydrogen) atoms. The second-order valence-corrected chi connectivity index (χ2v) is 6.60. The van der Waals surface area contributed by atoms with Gasteiger partial charge in [-0.05, 0) is 23.8 Å². The van der Waals surface area contributed by atoms with E-state index in [1.165, 1.54) is 18.2 Å². The van der Waals surface area contributed by atoms with Crippen molar-refractivity contribution in [2.45, 2.75) is 12.7 Å². The predicted octanol–water partition coefficient (Wildman–Crippen LogP) is 4.87. The van der Waals surface area contributed by atoms with E-state index in [0.717, 1.165) is 4.57 Å². The van der Waals surface area contributed by atoms with Gasteiger partial charge in [-0.15, -0.1) is 0 Å². The van der Waals surface area contributed by atoms with Gasteiger partial charge >= 0.3 is 6.18 Å². The van der Waals surface area contributed by atoms with Gasteiger partial charge in [0.2, 0.25) is 0 Å². The molecular formula is C18H12Cl2F3N3O. The number of alkyl halides is 3. The number of hydrogen-bond donors (Lipinski definition) is 1. The second-order valence-electron chi connectivity index (χ2n) is 5.73. The van der Waals surface area contributed by atoms with Crippen molar-refractivity contribution < 1.29 is 13.2 Å². The van der Waals surface area contributed by atoms with Crippen LogP contribution in [0.3, 0.4) is 0 Å². The zero-order valence-electron chi connectivity index (χ0n) is 13.6. The van der Waals surface area contributed by atoms with Crippen molar-refractivity contribution in [1.82, 2.24) is 9.55 Å². The summed E-state index contributed by atoms with van der Waals surface area (Å²) in [6.45, 7) is -0.0194. The first-order chi connectivity index (χ1) is 12.7. The number of hydrogen-bond acceptors (Lipinski definition) is 3. The molecule has 0 aliphatic heterocycles. The fourth-order valence-corrected chi connectivity index (χ4v) is 3.13. The molecule has 1 aromatic heterocycles. The molecule has 0 bridgehead atoms. The van der Waals surface area contributed by atoms with E-state index in [4.69, 9.17) is 28.9 Å². The number of halogens is 5. The van der Waals surface area contributed by atoms with Crippen LogP contribution < -0.4 is 11.3 Å². The van der Waals surface area contributed by atoms with Gasteiger partial charge in [-0.3, -0.25) is 9.36 Å². The highest BCUT2D eigenvalue weighted by atomic mass is 35.5. The third-order valence-electron chi connectivity index (χ3n) is 3.78. The van der Waals surface area contributed by atoms with Gasteiger partial charge in [-0.2, -0.15) is 13.2 Å². The average molecular weight is 414 g/mol. The van der Waals surface area contributed by atoms with E-state index < -0.39 is 23.1 Å². The first-order valence-electron chi connectivity index (χ1n) is 7.64. The molecule has 4 nitrogen and oxygen atoms in total. The molecule has 0 atom stereocenters. The van der Waals surface area contributed by atoms with Gasteiger partial charge in [-0.1, -0.05) is 53.5 Å². The molecule has 0 unspecified atom stereocenters. The number of rotatable bonds is 3. The van der Waals surface area contributed by atoms with Crippen LogP contribution in [-0.2, 0) is 12.7 Å². The second kappa shape index (κ2) is 7.25. The van der Waals surface area contributed by atoms with Crippen molar-refractivity contribution in [3.05, 3.63) is 80.2 Å². The number of nitrogens with two attached hydrogens (primary N) is 1. The fourth-order valence-electron chi connectivity index (χ4n) is 2.60. The molecule has 3 aromatic rings. The van der Waals surface area contributed by atoms with E-state index in [1.807, 2.05) is 0 Å². The molecular weight excluding hydrogens is 402 g/mol. The van der Waals surface area contributed by atoms with Gasteiger partial charge in [0.05, 0.1) is 6.54 Å². The summed E-state index contributed by atoms with van der Waals surface area (Å²) in [5, 5.41) is 0.395. The molecule has 0 saturated heterocycles. The maximum Gasteiger partial charge on any atom is 0.435 e. The van der Waals surface area contributed by atoms with Crippen LogP contribution >= 0.6 is 23.2 Å². The Labute approximate surface area is 162 Å². The monoisotopic (exact) mass is 413 g/mol. The summed E-state index contributed by atoms with van der Waals surface area (Å²) >= 11 is 11.9. The Morgan fingerprint density at radius 2 is 1.63 bits per heavy atom. The predicted molar refractivity (Wildman–Crippen MR) is 98.9 cm³/mol. The molecule has 0 amide bonds. The van der Waals surface area contributed by atoms with E-state index in [-0.39, 0.29) is 28.0 Å². The topological polar surface area (TPSA) is 60.9 Å². The Morgan fingerprint density at radius 3 is 2.19 bits per heavy atom. The lowest BCUT2D eigenvalue weighted by atomic mass is 10.1. The molecule has 0 spiro atoms. The molecule has 0 radical (unpaired) electrons. The Bertz CT molecular complexity index is 1030. The first kappa shape index (κ1) is 19.3. The van der Waals surface area contributed by atoms with Crippen LogP contribution in [0.2, 0.25) is 10.0 Å². The third kappa shape index (κ3) is 4.09. The van der Waals surface area contributed by atoms with Crippen molar-refractivity contribution in [2.75, 3.05) is 5.73 Å². The van der Waals surface area contributed by atoms with Crippen molar-refractivity contribution >= 4 is 28.9 Å². The molecule has 140 valence electrons. The average Bonchev–Trinajstić information content (AvgIpc) is 2.58. The number of aromatic nitrogens is 2. The highest BCUT2D eigenvalue weighted by Gasteiger charge is 2.37. The standard InChI is InChI=1S/C18H12Cl2F3N3O/c19-12-6-11(7-13(20)8-12)16-25-15(18(21,22)23)14(24)17(27)26(16)9-10-4-2-1-3-5-10/h1-8H,9,24H2. The van der Waals surface area contributed by atoms with Crippen LogP contribution in [0, 0.1) is 0 Å². The number of nitrogens with zero attached hydrogens (tertiary/aromatic N) is 2. The molecule has 0 aliphatic carbocycles. The summed E-state index contributed by atoms with van der Waals surface area (Å²) in [4.78, 5) is 16.3. The number of anilines is 1. The van der Waals surface area contributed by atoms with E-state index in [2.05, 4.69) is 4.98 Å². The molecule has 0 fully saturated rings. The summed E-state index contributed by atoms with van der Waals surface area (Å²) in [6, 6.07) is 12.9. The zero-order valence-corrected chi connectivity index (χ0v) is 15.1. The van der Waals surface area contributed by atoms with E-state index in [0.29, 0.717) is 5.56 Å². The van der Waals surface area contributed by atoms with Crippen LogP contribution in [0.25, 0.3) is 11.4 Å². The van der Waals surface area contributed by atoms with E-state index in [1.54, 1.807) is 30.3 Å². The molecule has 2 N–H and O–H groups in total. The summed E-state index contributed by atoms with van der Waals surface area (Å²) in [7, 11) is 0. The minimum Gasteiger partial charge on any atom is -0.392 e. The van der Waals surface area contributed by atoms with Crippen molar-refractivity contribution in [1.29, 1.82) is 0 Å². The summed E-state index contributed by atoms with van der Waals surface area (Å²) in [5.41, 5.74) is 2.93. The summed E-state index contributed by atoms with van der Waals surface area (Å²) < 4.78 is 41.0. The fraction of sp³-hybridized carbons (Fsp3) is 0.111. The van der Waals surface area contributed by atoms with Crippen LogP contribution in [-0.4, -0.2) is 9.55 Å². The summed E-state index contributed by atoms with van der Waals surface area (Å²) in [5.74, 6) is -0.227. The Morgan fingerprint density at radius 1 is 1.04 bits per heavy atom.